The molecule has 112 valence electrons. The zero-order chi connectivity index (χ0) is 14.4. The third-order valence-electron chi connectivity index (χ3n) is 3.76. The Bertz CT molecular complexity index is 418. The quantitative estimate of drug-likeness (QED) is 0.837. The summed E-state index contributed by atoms with van der Waals surface area (Å²) in [6.45, 7) is 5.77. The van der Waals surface area contributed by atoms with Gasteiger partial charge in [0.1, 0.15) is 0 Å². The minimum Gasteiger partial charge on any atom is -0.367 e. The first kappa shape index (κ1) is 15.0. The maximum Gasteiger partial charge on any atom is 0.224 e. The standard InChI is InChI=1S/C14H24FN5/c1-3-16-14-18-10-12(15)13(19-14)17-7-4-11-5-8-20(2)9-6-11/h10-11H,3-9H2,1-2H3,(H2,16,17,18,19). The molecule has 1 aromatic rings. The minimum absolute atomic E-state index is 0.295. The van der Waals surface area contributed by atoms with Crippen molar-refractivity contribution in [3.05, 3.63) is 12.0 Å². The highest BCUT2D eigenvalue weighted by molar-refractivity contribution is 5.40. The summed E-state index contributed by atoms with van der Waals surface area (Å²) in [6, 6.07) is 0. The van der Waals surface area contributed by atoms with E-state index in [4.69, 9.17) is 0 Å². The van der Waals surface area contributed by atoms with Gasteiger partial charge in [-0.1, -0.05) is 0 Å². The Kier molecular flexibility index (Phi) is 5.52. The number of aromatic nitrogens is 2. The molecule has 6 heteroatoms. The van der Waals surface area contributed by atoms with E-state index < -0.39 is 5.82 Å². The van der Waals surface area contributed by atoms with E-state index in [1.807, 2.05) is 6.92 Å². The molecule has 2 N–H and O–H groups in total. The van der Waals surface area contributed by atoms with Gasteiger partial charge in [-0.25, -0.2) is 9.37 Å². The second-order valence-electron chi connectivity index (χ2n) is 5.38. The Labute approximate surface area is 120 Å². The van der Waals surface area contributed by atoms with Crippen molar-refractivity contribution in [3.63, 3.8) is 0 Å². The van der Waals surface area contributed by atoms with E-state index in [2.05, 4.69) is 32.5 Å². The molecular weight excluding hydrogens is 257 g/mol. The van der Waals surface area contributed by atoms with E-state index >= 15 is 0 Å². The number of rotatable bonds is 6. The van der Waals surface area contributed by atoms with Crippen molar-refractivity contribution in [2.45, 2.75) is 26.2 Å². The number of nitrogens with zero attached hydrogens (tertiary/aromatic N) is 3. The number of halogens is 1. The molecule has 0 radical (unpaired) electrons. The van der Waals surface area contributed by atoms with Crippen LogP contribution >= 0.6 is 0 Å². The molecule has 0 unspecified atom stereocenters. The molecular formula is C14H24FN5. The first-order valence-electron chi connectivity index (χ1n) is 7.38. The van der Waals surface area contributed by atoms with Crippen LogP contribution in [0.3, 0.4) is 0 Å². The van der Waals surface area contributed by atoms with E-state index in [1.54, 1.807) is 0 Å². The summed E-state index contributed by atoms with van der Waals surface area (Å²) in [5.74, 6) is 1.10. The van der Waals surface area contributed by atoms with E-state index in [0.717, 1.165) is 38.5 Å². The van der Waals surface area contributed by atoms with Crippen LogP contribution in [0.2, 0.25) is 0 Å². The van der Waals surface area contributed by atoms with Crippen LogP contribution in [0, 0.1) is 11.7 Å². The molecule has 0 bridgehead atoms. The largest absolute Gasteiger partial charge is 0.367 e. The summed E-state index contributed by atoms with van der Waals surface area (Å²) in [5.41, 5.74) is 0. The van der Waals surface area contributed by atoms with E-state index in [0.29, 0.717) is 11.8 Å². The van der Waals surface area contributed by atoms with Gasteiger partial charge in [-0.05, 0) is 52.2 Å². The van der Waals surface area contributed by atoms with E-state index in [1.165, 1.54) is 19.0 Å². The topological polar surface area (TPSA) is 53.1 Å². The SMILES string of the molecule is CCNc1ncc(F)c(NCCC2CCN(C)CC2)n1. The van der Waals surface area contributed by atoms with Crippen LogP contribution in [0.15, 0.2) is 6.20 Å². The van der Waals surface area contributed by atoms with Crippen molar-refractivity contribution in [1.29, 1.82) is 0 Å². The molecule has 1 aliphatic heterocycles. The van der Waals surface area contributed by atoms with E-state index in [9.17, 15) is 4.39 Å². The molecule has 0 amide bonds. The second-order valence-corrected chi connectivity index (χ2v) is 5.38. The van der Waals surface area contributed by atoms with E-state index in [-0.39, 0.29) is 0 Å². The van der Waals surface area contributed by atoms with Gasteiger partial charge in [-0.3, -0.25) is 0 Å². The molecule has 20 heavy (non-hydrogen) atoms. The van der Waals surface area contributed by atoms with Gasteiger partial charge in [0.05, 0.1) is 6.20 Å². The van der Waals surface area contributed by atoms with Crippen molar-refractivity contribution in [3.8, 4) is 0 Å². The van der Waals surface area contributed by atoms with Crippen molar-refractivity contribution in [1.82, 2.24) is 14.9 Å². The van der Waals surface area contributed by atoms with Gasteiger partial charge in [0.25, 0.3) is 0 Å². The molecule has 1 aliphatic rings. The Hall–Kier alpha value is -1.43. The number of hydrogen-bond acceptors (Lipinski definition) is 5. The van der Waals surface area contributed by atoms with Gasteiger partial charge in [-0.2, -0.15) is 4.98 Å². The second kappa shape index (κ2) is 7.38. The Balaban J connectivity index is 1.79. The van der Waals surface area contributed by atoms with Gasteiger partial charge in [-0.15, -0.1) is 0 Å². The normalized spacial score (nSPS) is 17.1. The maximum atomic E-state index is 13.6. The highest BCUT2D eigenvalue weighted by Gasteiger charge is 2.16. The predicted octanol–water partition coefficient (Wildman–Crippen LogP) is 2.19. The number of anilines is 2. The first-order chi connectivity index (χ1) is 9.69. The zero-order valence-electron chi connectivity index (χ0n) is 12.3. The fourth-order valence-electron chi connectivity index (χ4n) is 2.48. The average molecular weight is 281 g/mol. The van der Waals surface area contributed by atoms with Gasteiger partial charge in [0.2, 0.25) is 5.95 Å². The first-order valence-corrected chi connectivity index (χ1v) is 7.38. The Morgan fingerprint density at radius 3 is 2.80 bits per heavy atom. The fraction of sp³-hybridized carbons (Fsp3) is 0.714. The summed E-state index contributed by atoms with van der Waals surface area (Å²) in [4.78, 5) is 10.4. The summed E-state index contributed by atoms with van der Waals surface area (Å²) in [6.07, 6.45) is 4.73. The van der Waals surface area contributed by atoms with Crippen molar-refractivity contribution < 1.29 is 4.39 Å². The van der Waals surface area contributed by atoms with Crippen LogP contribution in [0.4, 0.5) is 16.2 Å². The lowest BCUT2D eigenvalue weighted by molar-refractivity contribution is 0.215. The number of piperidine rings is 1. The third kappa shape index (κ3) is 4.30. The molecule has 1 saturated heterocycles. The lowest BCUT2D eigenvalue weighted by Gasteiger charge is -2.28. The van der Waals surface area contributed by atoms with Gasteiger partial charge >= 0.3 is 0 Å². The monoisotopic (exact) mass is 281 g/mol. The van der Waals surface area contributed by atoms with Crippen LogP contribution in [0.1, 0.15) is 26.2 Å². The highest BCUT2D eigenvalue weighted by Crippen LogP contribution is 2.20. The Morgan fingerprint density at radius 1 is 1.35 bits per heavy atom. The lowest BCUT2D eigenvalue weighted by Crippen LogP contribution is -2.30. The molecule has 2 heterocycles. The third-order valence-corrected chi connectivity index (χ3v) is 3.76. The molecule has 0 aliphatic carbocycles. The summed E-state index contributed by atoms with van der Waals surface area (Å²) in [7, 11) is 2.16. The number of likely N-dealkylation sites (tertiary alicyclic amines) is 1. The van der Waals surface area contributed by atoms with Crippen LogP contribution in [-0.4, -0.2) is 48.1 Å². The fourth-order valence-corrected chi connectivity index (χ4v) is 2.48. The molecule has 1 aromatic heterocycles. The van der Waals surface area contributed by atoms with Crippen molar-refractivity contribution >= 4 is 11.8 Å². The summed E-state index contributed by atoms with van der Waals surface area (Å²) >= 11 is 0. The number of hydrogen-bond donors (Lipinski definition) is 2. The predicted molar refractivity (Wildman–Crippen MR) is 79.5 cm³/mol. The summed E-state index contributed by atoms with van der Waals surface area (Å²) in [5, 5.41) is 6.08. The lowest BCUT2D eigenvalue weighted by atomic mass is 9.94. The van der Waals surface area contributed by atoms with Crippen LogP contribution in [-0.2, 0) is 0 Å². The van der Waals surface area contributed by atoms with Gasteiger partial charge in [0, 0.05) is 13.1 Å². The molecule has 5 nitrogen and oxygen atoms in total. The van der Waals surface area contributed by atoms with Crippen LogP contribution in [0.25, 0.3) is 0 Å². The van der Waals surface area contributed by atoms with Crippen LogP contribution < -0.4 is 10.6 Å². The van der Waals surface area contributed by atoms with Crippen LogP contribution in [0.5, 0.6) is 0 Å². The maximum absolute atomic E-state index is 13.6. The van der Waals surface area contributed by atoms with Gasteiger partial charge in [0.15, 0.2) is 11.6 Å². The minimum atomic E-state index is -0.393. The average Bonchev–Trinajstić information content (AvgIpc) is 2.45. The molecule has 0 atom stereocenters. The molecule has 1 fully saturated rings. The molecule has 2 rings (SSSR count). The van der Waals surface area contributed by atoms with Crippen molar-refractivity contribution in [2.75, 3.05) is 43.9 Å². The van der Waals surface area contributed by atoms with Crippen molar-refractivity contribution in [2.24, 2.45) is 5.92 Å². The summed E-state index contributed by atoms with van der Waals surface area (Å²) < 4.78 is 13.6. The highest BCUT2D eigenvalue weighted by atomic mass is 19.1. The molecule has 0 spiro atoms. The van der Waals surface area contributed by atoms with Gasteiger partial charge < -0.3 is 15.5 Å². The zero-order valence-corrected chi connectivity index (χ0v) is 12.3. The Morgan fingerprint density at radius 2 is 2.10 bits per heavy atom. The molecule has 0 saturated carbocycles. The number of nitrogens with one attached hydrogen (secondary N) is 2. The molecule has 0 aromatic carbocycles. The smallest absolute Gasteiger partial charge is 0.224 e.